The second kappa shape index (κ2) is 11.0. The Bertz CT molecular complexity index is 1110. The molecule has 0 fully saturated rings. The summed E-state index contributed by atoms with van der Waals surface area (Å²) in [5, 5.41) is 6.02. The number of hydrogen-bond acceptors (Lipinski definition) is 5. The molecule has 9 heteroatoms. The van der Waals surface area contributed by atoms with Crippen LogP contribution in [0.5, 0.6) is 0 Å². The highest BCUT2D eigenvalue weighted by Crippen LogP contribution is 2.20. The number of rotatable bonds is 10. The molecule has 0 aliphatic carbocycles. The number of ether oxygens (including phenoxy) is 1. The molecule has 3 amide bonds. The summed E-state index contributed by atoms with van der Waals surface area (Å²) in [7, 11) is 0. The Balaban J connectivity index is 1.58. The first-order valence-electron chi connectivity index (χ1n) is 10.8. The van der Waals surface area contributed by atoms with Gasteiger partial charge in [-0.2, -0.15) is 0 Å². The molecule has 9 nitrogen and oxygen atoms in total. The van der Waals surface area contributed by atoms with Gasteiger partial charge in [0, 0.05) is 48.0 Å². The molecule has 0 bridgehead atoms. The number of carbonyl (C=O) groups is 3. The van der Waals surface area contributed by atoms with Crippen molar-refractivity contribution in [1.29, 1.82) is 0 Å². The van der Waals surface area contributed by atoms with Crippen molar-refractivity contribution in [3.63, 3.8) is 0 Å². The van der Waals surface area contributed by atoms with Crippen LogP contribution in [0.15, 0.2) is 54.7 Å². The fraction of sp³-hybridized carbons (Fsp3) is 0.292. The summed E-state index contributed by atoms with van der Waals surface area (Å²) in [6.07, 6.45) is 1.93. The average Bonchev–Trinajstić information content (AvgIpc) is 3.21. The number of nitrogens with one attached hydrogen (secondary N) is 3. The maximum Gasteiger partial charge on any atom is 0.329 e. The van der Waals surface area contributed by atoms with Crippen LogP contribution in [0.4, 0.5) is 16.2 Å². The summed E-state index contributed by atoms with van der Waals surface area (Å²) in [6.45, 7) is 5.44. The molecule has 0 saturated heterocycles. The third kappa shape index (κ3) is 6.25. The number of nitrogens with zero attached hydrogens (tertiary/aromatic N) is 1. The zero-order valence-electron chi connectivity index (χ0n) is 18.8. The number of aromatic nitrogens is 1. The van der Waals surface area contributed by atoms with E-state index in [1.807, 2.05) is 36.4 Å². The molecule has 0 saturated carbocycles. The van der Waals surface area contributed by atoms with E-state index in [0.29, 0.717) is 5.69 Å². The van der Waals surface area contributed by atoms with E-state index in [0.717, 1.165) is 35.2 Å². The molecule has 0 aliphatic heterocycles. The lowest BCUT2D eigenvalue weighted by Crippen LogP contribution is -2.46. The van der Waals surface area contributed by atoms with E-state index in [1.165, 1.54) is 0 Å². The number of esters is 1. The fourth-order valence-electron chi connectivity index (χ4n) is 3.66. The molecule has 1 atom stereocenters. The molecule has 3 aromatic rings. The average molecular weight is 452 g/mol. The molecule has 5 N–H and O–H groups in total. The third-order valence-electron chi connectivity index (χ3n) is 5.33. The molecule has 0 radical (unpaired) electrons. The van der Waals surface area contributed by atoms with E-state index >= 15 is 0 Å². The summed E-state index contributed by atoms with van der Waals surface area (Å²) < 4.78 is 5.16. The maximum atomic E-state index is 12.6. The number of anilines is 2. The molecule has 33 heavy (non-hydrogen) atoms. The number of primary amides is 1. The van der Waals surface area contributed by atoms with Crippen molar-refractivity contribution in [2.75, 3.05) is 29.9 Å². The second-order valence-electron chi connectivity index (χ2n) is 7.50. The summed E-state index contributed by atoms with van der Waals surface area (Å²) in [5.74, 6) is -1.23. The van der Waals surface area contributed by atoms with Gasteiger partial charge in [-0.15, -0.1) is 0 Å². The molecule has 174 valence electrons. The van der Waals surface area contributed by atoms with Gasteiger partial charge in [0.1, 0.15) is 6.04 Å². The summed E-state index contributed by atoms with van der Waals surface area (Å²) in [6, 6.07) is 13.1. The predicted octanol–water partition coefficient (Wildman–Crippen LogP) is 2.78. The largest absolute Gasteiger partial charge is 0.454 e. The molecule has 0 spiro atoms. The van der Waals surface area contributed by atoms with Gasteiger partial charge in [0.2, 0.25) is 0 Å². The highest BCUT2D eigenvalue weighted by atomic mass is 16.5. The van der Waals surface area contributed by atoms with Crippen LogP contribution < -0.4 is 21.3 Å². The van der Waals surface area contributed by atoms with Crippen LogP contribution in [0, 0.1) is 0 Å². The number of aromatic amines is 1. The third-order valence-corrected chi connectivity index (χ3v) is 5.33. The number of urea groups is 1. The van der Waals surface area contributed by atoms with E-state index in [2.05, 4.69) is 34.4 Å². The number of para-hydroxylation sites is 1. The van der Waals surface area contributed by atoms with Crippen LogP contribution in [0.25, 0.3) is 10.9 Å². The van der Waals surface area contributed by atoms with Gasteiger partial charge in [-0.3, -0.25) is 4.79 Å². The molecule has 0 aliphatic rings. The number of fused-ring (bicyclic) bond motifs is 1. The zero-order chi connectivity index (χ0) is 23.8. The first-order chi connectivity index (χ1) is 15.9. The van der Waals surface area contributed by atoms with Gasteiger partial charge in [0.15, 0.2) is 6.61 Å². The maximum absolute atomic E-state index is 12.6. The first kappa shape index (κ1) is 23.6. The Kier molecular flexibility index (Phi) is 7.91. The van der Waals surface area contributed by atoms with Crippen molar-refractivity contribution in [2.45, 2.75) is 26.3 Å². The lowest BCUT2D eigenvalue weighted by Gasteiger charge is -2.21. The standard InChI is InChI=1S/C24H29N5O4/c1-3-29(4-2)18-11-9-17(10-12-18)27-22(30)15-33-23(31)21(28-24(25)32)13-16-14-26-20-8-6-5-7-19(16)20/h5-12,14,21,26H,3-4,13,15H2,1-2H3,(H,27,30)(H3,25,28,32)/t21-/m0/s1. The molecule has 1 aromatic heterocycles. The Morgan fingerprint density at radius 2 is 1.76 bits per heavy atom. The van der Waals surface area contributed by atoms with E-state index in [4.69, 9.17) is 10.5 Å². The molecule has 1 heterocycles. The highest BCUT2D eigenvalue weighted by molar-refractivity contribution is 5.94. The van der Waals surface area contributed by atoms with Crippen LogP contribution in [0.1, 0.15) is 19.4 Å². The molecular weight excluding hydrogens is 422 g/mol. The minimum atomic E-state index is -1.03. The van der Waals surface area contributed by atoms with Gasteiger partial charge in [-0.25, -0.2) is 9.59 Å². The van der Waals surface area contributed by atoms with E-state index < -0.39 is 30.6 Å². The highest BCUT2D eigenvalue weighted by Gasteiger charge is 2.24. The topological polar surface area (TPSA) is 130 Å². The minimum absolute atomic E-state index is 0.167. The van der Waals surface area contributed by atoms with Crippen molar-refractivity contribution >= 4 is 40.2 Å². The van der Waals surface area contributed by atoms with Gasteiger partial charge in [-0.05, 0) is 49.7 Å². The Labute approximate surface area is 192 Å². The zero-order valence-corrected chi connectivity index (χ0v) is 18.8. The first-order valence-corrected chi connectivity index (χ1v) is 10.8. The molecule has 3 rings (SSSR count). The van der Waals surface area contributed by atoms with Crippen LogP contribution >= 0.6 is 0 Å². The summed E-state index contributed by atoms with van der Waals surface area (Å²) in [5.41, 5.74) is 8.61. The lowest BCUT2D eigenvalue weighted by molar-refractivity contribution is -0.149. The summed E-state index contributed by atoms with van der Waals surface area (Å²) in [4.78, 5) is 41.6. The normalized spacial score (nSPS) is 11.6. The Hall–Kier alpha value is -4.01. The number of benzene rings is 2. The fourth-order valence-corrected chi connectivity index (χ4v) is 3.66. The smallest absolute Gasteiger partial charge is 0.329 e. The second-order valence-corrected chi connectivity index (χ2v) is 7.50. The van der Waals surface area contributed by atoms with Crippen molar-refractivity contribution in [3.05, 3.63) is 60.3 Å². The van der Waals surface area contributed by atoms with E-state index in [-0.39, 0.29) is 6.42 Å². The number of amides is 3. The quantitative estimate of drug-likeness (QED) is 0.352. The van der Waals surface area contributed by atoms with Crippen molar-refractivity contribution in [2.24, 2.45) is 5.73 Å². The van der Waals surface area contributed by atoms with E-state index in [9.17, 15) is 14.4 Å². The van der Waals surface area contributed by atoms with Gasteiger partial charge in [-0.1, -0.05) is 18.2 Å². The molecule has 0 unspecified atom stereocenters. The Morgan fingerprint density at radius 3 is 2.42 bits per heavy atom. The van der Waals surface area contributed by atoms with Crippen molar-refractivity contribution in [3.8, 4) is 0 Å². The van der Waals surface area contributed by atoms with Crippen molar-refractivity contribution < 1.29 is 19.1 Å². The molecular formula is C24H29N5O4. The lowest BCUT2D eigenvalue weighted by atomic mass is 10.1. The van der Waals surface area contributed by atoms with Crippen LogP contribution in [0.2, 0.25) is 0 Å². The van der Waals surface area contributed by atoms with Gasteiger partial charge < -0.3 is 31.0 Å². The van der Waals surface area contributed by atoms with E-state index in [1.54, 1.807) is 18.3 Å². The van der Waals surface area contributed by atoms with Crippen LogP contribution in [-0.2, 0) is 20.7 Å². The molecule has 2 aromatic carbocycles. The van der Waals surface area contributed by atoms with Crippen LogP contribution in [-0.4, -0.2) is 48.6 Å². The SMILES string of the molecule is CCN(CC)c1ccc(NC(=O)COC(=O)[C@H](Cc2c[nH]c3ccccc23)NC(N)=O)cc1. The minimum Gasteiger partial charge on any atom is -0.454 e. The number of nitrogens with two attached hydrogens (primary N) is 1. The van der Waals surface area contributed by atoms with Crippen molar-refractivity contribution in [1.82, 2.24) is 10.3 Å². The monoisotopic (exact) mass is 451 g/mol. The number of hydrogen-bond donors (Lipinski definition) is 4. The van der Waals surface area contributed by atoms with Gasteiger partial charge in [0.25, 0.3) is 5.91 Å². The Morgan fingerprint density at radius 1 is 1.06 bits per heavy atom. The van der Waals surface area contributed by atoms with Gasteiger partial charge >= 0.3 is 12.0 Å². The van der Waals surface area contributed by atoms with Crippen LogP contribution in [0.3, 0.4) is 0 Å². The van der Waals surface area contributed by atoms with Gasteiger partial charge in [0.05, 0.1) is 0 Å². The summed E-state index contributed by atoms with van der Waals surface area (Å²) >= 11 is 0. The number of H-pyrrole nitrogens is 1. The number of carbonyl (C=O) groups excluding carboxylic acids is 3. The predicted molar refractivity (Wildman–Crippen MR) is 128 cm³/mol.